The SMILES string of the molecule is COc1cc(C(=O)N2CC/C(=N\NC(=O)OC(C)(C)C)[C@@H](C(C)C)C2)cc2nc(-c3cc4cccc(C5CC(C(=O)O)C5)c4n3CC3CC3)n(C)c12. The Kier molecular flexibility index (Phi) is 9.29. The third-order valence-electron chi connectivity index (χ3n) is 10.9. The first kappa shape index (κ1) is 35.5. The van der Waals surface area contributed by atoms with Crippen molar-refractivity contribution in [2.75, 3.05) is 20.2 Å². The molecule has 2 saturated carbocycles. The predicted molar refractivity (Wildman–Crippen MR) is 200 cm³/mol. The summed E-state index contributed by atoms with van der Waals surface area (Å²) in [5.41, 5.74) is 8.12. The lowest BCUT2D eigenvalue weighted by molar-refractivity contribution is -0.145. The Bertz CT molecular complexity index is 2080. The van der Waals surface area contributed by atoms with E-state index < -0.39 is 17.7 Å². The van der Waals surface area contributed by atoms with Gasteiger partial charge >= 0.3 is 12.1 Å². The minimum absolute atomic E-state index is 0.0343. The maximum atomic E-state index is 14.1. The molecule has 2 amide bonds. The number of aryl methyl sites for hydroxylation is 1. The Hall–Kier alpha value is -4.87. The predicted octanol–water partition coefficient (Wildman–Crippen LogP) is 7.19. The van der Waals surface area contributed by atoms with Gasteiger partial charge in [-0.2, -0.15) is 5.10 Å². The molecule has 0 unspecified atom stereocenters. The maximum absolute atomic E-state index is 14.1. The van der Waals surface area contributed by atoms with Gasteiger partial charge < -0.3 is 28.6 Å². The molecular formula is C40H50N6O6. The van der Waals surface area contributed by atoms with Crippen LogP contribution in [0.5, 0.6) is 5.75 Å². The highest BCUT2D eigenvalue weighted by atomic mass is 16.6. The number of fused-ring (bicyclic) bond motifs is 2. The van der Waals surface area contributed by atoms with Gasteiger partial charge in [0.05, 0.1) is 29.8 Å². The van der Waals surface area contributed by atoms with E-state index >= 15 is 0 Å². The number of para-hydroxylation sites is 1. The van der Waals surface area contributed by atoms with Gasteiger partial charge in [0.1, 0.15) is 16.9 Å². The van der Waals surface area contributed by atoms with E-state index in [1.54, 1.807) is 27.9 Å². The van der Waals surface area contributed by atoms with Crippen LogP contribution < -0.4 is 10.2 Å². The molecule has 7 rings (SSSR count). The van der Waals surface area contributed by atoms with E-state index in [0.717, 1.165) is 34.7 Å². The highest BCUT2D eigenvalue weighted by Crippen LogP contribution is 2.46. The fourth-order valence-electron chi connectivity index (χ4n) is 7.90. The number of likely N-dealkylation sites (tertiary alicyclic amines) is 1. The van der Waals surface area contributed by atoms with Crippen molar-refractivity contribution >= 4 is 45.6 Å². The number of carbonyl (C=O) groups excluding carboxylic acids is 2. The number of imidazole rings is 1. The summed E-state index contributed by atoms with van der Waals surface area (Å²) in [6.45, 7) is 11.4. The number of hydrogen-bond acceptors (Lipinski definition) is 7. The summed E-state index contributed by atoms with van der Waals surface area (Å²) in [7, 11) is 3.60. The molecule has 2 N–H and O–H groups in total. The number of nitrogens with zero attached hydrogens (tertiary/aromatic N) is 5. The average Bonchev–Trinajstić information content (AvgIpc) is 3.73. The van der Waals surface area contributed by atoms with Crippen LogP contribution in [0.25, 0.3) is 33.5 Å². The number of hydrogen-bond donors (Lipinski definition) is 2. The zero-order chi connectivity index (χ0) is 37.1. The van der Waals surface area contributed by atoms with Crippen LogP contribution in [0, 0.1) is 23.7 Å². The maximum Gasteiger partial charge on any atom is 0.428 e. The quantitative estimate of drug-likeness (QED) is 0.175. The van der Waals surface area contributed by atoms with Crippen LogP contribution in [0.1, 0.15) is 88.6 Å². The highest BCUT2D eigenvalue weighted by Gasteiger charge is 2.38. The minimum atomic E-state index is -0.713. The Morgan fingerprint density at radius 1 is 1.10 bits per heavy atom. The van der Waals surface area contributed by atoms with E-state index in [0.29, 0.717) is 55.1 Å². The number of carbonyl (C=O) groups is 3. The monoisotopic (exact) mass is 710 g/mol. The topological polar surface area (TPSA) is 140 Å². The largest absolute Gasteiger partial charge is 0.494 e. The number of hydrazone groups is 1. The Morgan fingerprint density at radius 3 is 2.50 bits per heavy atom. The van der Waals surface area contributed by atoms with Gasteiger partial charge in [-0.15, -0.1) is 0 Å². The van der Waals surface area contributed by atoms with Crippen molar-refractivity contribution in [3.8, 4) is 17.3 Å². The zero-order valence-electron chi connectivity index (χ0n) is 31.2. The highest BCUT2D eigenvalue weighted by molar-refractivity contribution is 6.01. The summed E-state index contributed by atoms with van der Waals surface area (Å²) in [6, 6.07) is 12.2. The number of methoxy groups -OCH3 is 1. The van der Waals surface area contributed by atoms with Gasteiger partial charge in [0.15, 0.2) is 5.82 Å². The number of amides is 2. The Morgan fingerprint density at radius 2 is 1.85 bits per heavy atom. The van der Waals surface area contributed by atoms with Gasteiger partial charge in [-0.25, -0.2) is 15.2 Å². The molecule has 12 nitrogen and oxygen atoms in total. The molecule has 1 aliphatic heterocycles. The zero-order valence-corrected chi connectivity index (χ0v) is 31.2. The second-order valence-electron chi connectivity index (χ2n) is 16.2. The van der Waals surface area contributed by atoms with Crippen LogP contribution in [-0.4, -0.2) is 73.6 Å². The number of aliphatic carboxylic acids is 1. The summed E-state index contributed by atoms with van der Waals surface area (Å²) in [5, 5.41) is 15.1. The minimum Gasteiger partial charge on any atom is -0.494 e. The van der Waals surface area contributed by atoms with Gasteiger partial charge in [0, 0.05) is 55.7 Å². The number of nitrogens with one attached hydrogen (secondary N) is 1. The summed E-state index contributed by atoms with van der Waals surface area (Å²) < 4.78 is 15.7. The van der Waals surface area contributed by atoms with Crippen LogP contribution >= 0.6 is 0 Å². The molecule has 0 bridgehead atoms. The van der Waals surface area contributed by atoms with E-state index in [1.165, 1.54) is 23.9 Å². The van der Waals surface area contributed by atoms with E-state index in [4.69, 9.17) is 14.5 Å². The van der Waals surface area contributed by atoms with Crippen molar-refractivity contribution in [3.63, 3.8) is 0 Å². The molecule has 12 heteroatoms. The molecule has 0 radical (unpaired) electrons. The summed E-state index contributed by atoms with van der Waals surface area (Å²) in [5.74, 6) is 1.23. The third-order valence-corrected chi connectivity index (χ3v) is 10.9. The molecule has 3 aliphatic rings. The molecule has 4 aromatic rings. The van der Waals surface area contributed by atoms with Gasteiger partial charge in [-0.1, -0.05) is 32.0 Å². The second kappa shape index (κ2) is 13.6. The number of benzene rings is 2. The standard InChI is InChI=1S/C40H50N6O6/c1-22(2)29-21-45(14-13-30(29)42-43-39(50)52-40(3,4)5)37(47)26-17-31-35(33(19-26)51-7)44(6)36(41-31)32-18-24-9-8-10-28(25-15-27(16-25)38(48)49)34(24)46(32)20-23-11-12-23/h8-10,17-19,22-23,25,27,29H,11-16,20-21H2,1-7H3,(H,43,50)(H,48,49)/b42-30+/t25?,27?,29-/m1/s1. The molecule has 3 heterocycles. The Balaban J connectivity index is 1.20. The van der Waals surface area contributed by atoms with Gasteiger partial charge in [0.2, 0.25) is 0 Å². The molecule has 276 valence electrons. The van der Waals surface area contributed by atoms with Crippen molar-refractivity contribution in [2.45, 2.75) is 84.8 Å². The van der Waals surface area contributed by atoms with Crippen molar-refractivity contribution in [2.24, 2.45) is 35.8 Å². The van der Waals surface area contributed by atoms with Crippen LogP contribution in [0.3, 0.4) is 0 Å². The van der Waals surface area contributed by atoms with Crippen molar-refractivity contribution in [3.05, 3.63) is 47.5 Å². The summed E-state index contributed by atoms with van der Waals surface area (Å²) >= 11 is 0. The number of aromatic nitrogens is 3. The number of ether oxygens (including phenoxy) is 2. The first-order chi connectivity index (χ1) is 24.7. The molecule has 2 aromatic heterocycles. The molecule has 2 aromatic carbocycles. The smallest absolute Gasteiger partial charge is 0.428 e. The second-order valence-corrected chi connectivity index (χ2v) is 16.2. The number of piperidine rings is 1. The van der Waals surface area contributed by atoms with Crippen molar-refractivity contribution in [1.82, 2.24) is 24.4 Å². The van der Waals surface area contributed by atoms with E-state index in [1.807, 2.05) is 24.1 Å². The molecule has 2 aliphatic carbocycles. The molecule has 1 saturated heterocycles. The van der Waals surface area contributed by atoms with Crippen LogP contribution in [-0.2, 0) is 23.1 Å². The first-order valence-electron chi connectivity index (χ1n) is 18.5. The first-order valence-corrected chi connectivity index (χ1v) is 18.5. The summed E-state index contributed by atoms with van der Waals surface area (Å²) in [6.07, 6.45) is 3.62. The average molecular weight is 711 g/mol. The molecule has 52 heavy (non-hydrogen) atoms. The number of carboxylic acid groups (broad SMARTS) is 1. The number of rotatable bonds is 9. The van der Waals surface area contributed by atoms with Gasteiger partial charge in [0.25, 0.3) is 5.91 Å². The Labute approximate surface area is 304 Å². The fourth-order valence-corrected chi connectivity index (χ4v) is 7.90. The summed E-state index contributed by atoms with van der Waals surface area (Å²) in [4.78, 5) is 45.1. The van der Waals surface area contributed by atoms with E-state index in [9.17, 15) is 19.5 Å². The van der Waals surface area contributed by atoms with E-state index in [2.05, 4.69) is 57.8 Å². The van der Waals surface area contributed by atoms with Crippen LogP contribution in [0.2, 0.25) is 0 Å². The number of carboxylic acids is 1. The lowest BCUT2D eigenvalue weighted by Crippen LogP contribution is -2.46. The van der Waals surface area contributed by atoms with Crippen LogP contribution in [0.4, 0.5) is 4.79 Å². The fraction of sp³-hybridized carbons (Fsp3) is 0.525. The molecule has 0 spiro atoms. The molecule has 1 atom stereocenters. The van der Waals surface area contributed by atoms with E-state index in [-0.39, 0.29) is 29.6 Å². The van der Waals surface area contributed by atoms with Gasteiger partial charge in [-0.3, -0.25) is 9.59 Å². The molecular weight excluding hydrogens is 660 g/mol. The normalized spacial score (nSPS) is 21.5. The van der Waals surface area contributed by atoms with Crippen LogP contribution in [0.15, 0.2) is 41.5 Å². The van der Waals surface area contributed by atoms with Crippen molar-refractivity contribution < 1.29 is 29.0 Å². The lowest BCUT2D eigenvalue weighted by Gasteiger charge is -2.36. The molecule has 3 fully saturated rings. The third kappa shape index (κ3) is 6.87. The van der Waals surface area contributed by atoms with Crippen molar-refractivity contribution in [1.29, 1.82) is 0 Å². The van der Waals surface area contributed by atoms with Gasteiger partial charge in [-0.05, 0) is 88.0 Å². The lowest BCUT2D eigenvalue weighted by atomic mass is 9.71.